The fraction of sp³-hybridized carbons (Fsp3) is 0.571. The Bertz CT molecular complexity index is 334. The standard InChI is InChI=1S/C14H21NO/c1-14(2)11-15(9-13(14)10-16)8-12-6-4-3-5-7-12/h3-7,13,16H,8-11H2,1-2H3. The van der Waals surface area contributed by atoms with E-state index in [1.165, 1.54) is 5.56 Å². The number of aliphatic hydroxyl groups excluding tert-OH is 1. The molecule has 1 aliphatic heterocycles. The normalized spacial score (nSPS) is 24.8. The molecule has 0 saturated carbocycles. The number of nitrogens with zero attached hydrogens (tertiary/aromatic N) is 1. The van der Waals surface area contributed by atoms with Gasteiger partial charge in [0.1, 0.15) is 0 Å². The Morgan fingerprint density at radius 2 is 2.00 bits per heavy atom. The van der Waals surface area contributed by atoms with Crippen LogP contribution < -0.4 is 0 Å². The van der Waals surface area contributed by atoms with Gasteiger partial charge in [-0.25, -0.2) is 0 Å². The minimum Gasteiger partial charge on any atom is -0.396 e. The van der Waals surface area contributed by atoms with Crippen molar-refractivity contribution in [3.05, 3.63) is 35.9 Å². The summed E-state index contributed by atoms with van der Waals surface area (Å²) in [5.74, 6) is 0.413. The molecule has 1 fully saturated rings. The second kappa shape index (κ2) is 4.56. The summed E-state index contributed by atoms with van der Waals surface area (Å²) in [6.07, 6.45) is 0. The fourth-order valence-electron chi connectivity index (χ4n) is 2.60. The van der Waals surface area contributed by atoms with Crippen LogP contribution in [0.1, 0.15) is 19.4 Å². The van der Waals surface area contributed by atoms with E-state index in [9.17, 15) is 5.11 Å². The van der Waals surface area contributed by atoms with Gasteiger partial charge >= 0.3 is 0 Å². The zero-order valence-electron chi connectivity index (χ0n) is 10.2. The van der Waals surface area contributed by atoms with E-state index in [1.54, 1.807) is 0 Å². The first-order valence-electron chi connectivity index (χ1n) is 5.99. The molecule has 1 unspecified atom stereocenters. The molecule has 1 aromatic carbocycles. The van der Waals surface area contributed by atoms with Gasteiger partial charge < -0.3 is 5.11 Å². The Balaban J connectivity index is 1.99. The van der Waals surface area contributed by atoms with Crippen molar-refractivity contribution in [2.24, 2.45) is 11.3 Å². The molecule has 0 aliphatic carbocycles. The third kappa shape index (κ3) is 2.45. The molecule has 88 valence electrons. The molecule has 2 nitrogen and oxygen atoms in total. The summed E-state index contributed by atoms with van der Waals surface area (Å²) in [6.45, 7) is 7.89. The zero-order valence-corrected chi connectivity index (χ0v) is 10.2. The van der Waals surface area contributed by atoms with Crippen LogP contribution in [0, 0.1) is 11.3 Å². The second-order valence-electron chi connectivity index (χ2n) is 5.52. The van der Waals surface area contributed by atoms with Crippen LogP contribution in [0.25, 0.3) is 0 Å². The van der Waals surface area contributed by atoms with Gasteiger partial charge in [0.05, 0.1) is 0 Å². The lowest BCUT2D eigenvalue weighted by molar-refractivity contribution is 0.161. The Morgan fingerprint density at radius 3 is 2.56 bits per heavy atom. The molecule has 0 bridgehead atoms. The zero-order chi connectivity index (χ0) is 11.6. The molecule has 1 atom stereocenters. The van der Waals surface area contributed by atoms with Crippen molar-refractivity contribution in [3.8, 4) is 0 Å². The molecule has 2 heteroatoms. The Kier molecular flexibility index (Phi) is 3.31. The summed E-state index contributed by atoms with van der Waals surface area (Å²) in [7, 11) is 0. The van der Waals surface area contributed by atoms with Gasteiger partial charge in [-0.2, -0.15) is 0 Å². The van der Waals surface area contributed by atoms with Gasteiger partial charge in [-0.1, -0.05) is 44.2 Å². The van der Waals surface area contributed by atoms with E-state index in [0.717, 1.165) is 19.6 Å². The summed E-state index contributed by atoms with van der Waals surface area (Å²) in [6, 6.07) is 10.5. The van der Waals surface area contributed by atoms with Crippen LogP contribution in [0.3, 0.4) is 0 Å². The molecule has 0 amide bonds. The summed E-state index contributed by atoms with van der Waals surface area (Å²) in [4.78, 5) is 2.44. The molecular weight excluding hydrogens is 198 g/mol. The van der Waals surface area contributed by atoms with Crippen molar-refractivity contribution in [2.75, 3.05) is 19.7 Å². The minimum absolute atomic E-state index is 0.240. The highest BCUT2D eigenvalue weighted by atomic mass is 16.3. The highest BCUT2D eigenvalue weighted by Gasteiger charge is 2.38. The van der Waals surface area contributed by atoms with Crippen molar-refractivity contribution in [3.63, 3.8) is 0 Å². The van der Waals surface area contributed by atoms with Gasteiger partial charge in [-0.3, -0.25) is 4.90 Å². The molecule has 16 heavy (non-hydrogen) atoms. The molecule has 2 rings (SSSR count). The summed E-state index contributed by atoms with van der Waals surface area (Å²) in [5.41, 5.74) is 1.60. The van der Waals surface area contributed by atoms with Crippen LogP contribution in [-0.2, 0) is 6.54 Å². The highest BCUT2D eigenvalue weighted by Crippen LogP contribution is 2.35. The lowest BCUT2D eigenvalue weighted by atomic mass is 9.83. The van der Waals surface area contributed by atoms with Crippen LogP contribution in [0.2, 0.25) is 0 Å². The summed E-state index contributed by atoms with van der Waals surface area (Å²) < 4.78 is 0. The Labute approximate surface area is 97.9 Å². The van der Waals surface area contributed by atoms with Crippen LogP contribution in [0.5, 0.6) is 0 Å². The maximum atomic E-state index is 9.36. The highest BCUT2D eigenvalue weighted by molar-refractivity contribution is 5.14. The Hall–Kier alpha value is -0.860. The third-order valence-corrected chi connectivity index (χ3v) is 3.68. The third-order valence-electron chi connectivity index (χ3n) is 3.68. The molecule has 1 heterocycles. The van der Waals surface area contributed by atoms with Gasteiger partial charge in [0.25, 0.3) is 0 Å². The fourth-order valence-corrected chi connectivity index (χ4v) is 2.60. The van der Waals surface area contributed by atoms with E-state index in [4.69, 9.17) is 0 Å². The first kappa shape index (κ1) is 11.6. The number of aliphatic hydroxyl groups is 1. The number of rotatable bonds is 3. The monoisotopic (exact) mass is 219 g/mol. The topological polar surface area (TPSA) is 23.5 Å². The van der Waals surface area contributed by atoms with Crippen molar-refractivity contribution in [1.29, 1.82) is 0 Å². The van der Waals surface area contributed by atoms with Crippen molar-refractivity contribution >= 4 is 0 Å². The van der Waals surface area contributed by atoms with Crippen molar-refractivity contribution in [2.45, 2.75) is 20.4 Å². The van der Waals surface area contributed by atoms with E-state index >= 15 is 0 Å². The van der Waals surface area contributed by atoms with Crippen LogP contribution in [0.4, 0.5) is 0 Å². The second-order valence-corrected chi connectivity index (χ2v) is 5.52. The summed E-state index contributed by atoms with van der Waals surface area (Å²) in [5, 5.41) is 9.36. The smallest absolute Gasteiger partial charge is 0.0477 e. The van der Waals surface area contributed by atoms with E-state index in [0.29, 0.717) is 12.5 Å². The van der Waals surface area contributed by atoms with E-state index in [1.807, 2.05) is 6.07 Å². The van der Waals surface area contributed by atoms with E-state index in [2.05, 4.69) is 43.0 Å². The largest absolute Gasteiger partial charge is 0.396 e. The lowest BCUT2D eigenvalue weighted by Gasteiger charge is -2.23. The average Bonchev–Trinajstić information content (AvgIpc) is 2.54. The molecule has 1 aromatic rings. The molecule has 1 saturated heterocycles. The molecule has 1 N–H and O–H groups in total. The molecule has 0 aromatic heterocycles. The van der Waals surface area contributed by atoms with E-state index < -0.39 is 0 Å². The SMILES string of the molecule is CC1(C)CN(Cc2ccccc2)CC1CO. The molecular formula is C14H21NO. The first-order valence-corrected chi connectivity index (χ1v) is 5.99. The van der Waals surface area contributed by atoms with Gasteiger partial charge in [0.15, 0.2) is 0 Å². The van der Waals surface area contributed by atoms with Crippen LogP contribution >= 0.6 is 0 Å². The predicted molar refractivity (Wildman–Crippen MR) is 66.1 cm³/mol. The van der Waals surface area contributed by atoms with Crippen molar-refractivity contribution < 1.29 is 5.11 Å². The van der Waals surface area contributed by atoms with E-state index in [-0.39, 0.29) is 5.41 Å². The number of benzene rings is 1. The Morgan fingerprint density at radius 1 is 1.31 bits per heavy atom. The van der Waals surface area contributed by atoms with Crippen LogP contribution in [-0.4, -0.2) is 29.7 Å². The van der Waals surface area contributed by atoms with Gasteiger partial charge in [0, 0.05) is 32.2 Å². The first-order chi connectivity index (χ1) is 7.62. The average molecular weight is 219 g/mol. The van der Waals surface area contributed by atoms with Gasteiger partial charge in [-0.05, 0) is 11.0 Å². The van der Waals surface area contributed by atoms with Crippen LogP contribution in [0.15, 0.2) is 30.3 Å². The van der Waals surface area contributed by atoms with Gasteiger partial charge in [-0.15, -0.1) is 0 Å². The molecule has 0 radical (unpaired) electrons. The molecule has 1 aliphatic rings. The van der Waals surface area contributed by atoms with Crippen molar-refractivity contribution in [1.82, 2.24) is 4.90 Å². The molecule has 0 spiro atoms. The number of likely N-dealkylation sites (tertiary alicyclic amines) is 1. The maximum Gasteiger partial charge on any atom is 0.0477 e. The number of hydrogen-bond acceptors (Lipinski definition) is 2. The van der Waals surface area contributed by atoms with Gasteiger partial charge in [0.2, 0.25) is 0 Å². The maximum absolute atomic E-state index is 9.36. The number of hydrogen-bond donors (Lipinski definition) is 1. The quantitative estimate of drug-likeness (QED) is 0.842. The predicted octanol–water partition coefficient (Wildman–Crippen LogP) is 2.14. The lowest BCUT2D eigenvalue weighted by Crippen LogP contribution is -2.25. The minimum atomic E-state index is 0.240. The summed E-state index contributed by atoms with van der Waals surface area (Å²) >= 11 is 0.